The second-order valence-electron chi connectivity index (χ2n) is 8.21. The molecule has 4 saturated carbocycles. The van der Waals surface area contributed by atoms with Crippen molar-refractivity contribution < 1.29 is 39.0 Å². The van der Waals surface area contributed by atoms with Crippen molar-refractivity contribution in [1.82, 2.24) is 4.90 Å². The van der Waals surface area contributed by atoms with E-state index in [9.17, 15) is 34.8 Å². The second-order valence-corrected chi connectivity index (χ2v) is 11.3. The van der Waals surface area contributed by atoms with Gasteiger partial charge in [0.05, 0.1) is 11.5 Å². The summed E-state index contributed by atoms with van der Waals surface area (Å²) in [6.45, 7) is 4.87. The van der Waals surface area contributed by atoms with Crippen molar-refractivity contribution in [1.29, 1.82) is 0 Å². The molecule has 4 fully saturated rings. The predicted molar refractivity (Wildman–Crippen MR) is 96.0 cm³/mol. The van der Waals surface area contributed by atoms with E-state index in [1.54, 1.807) is 4.90 Å². The van der Waals surface area contributed by atoms with Gasteiger partial charge in [-0.3, -0.25) is 8.98 Å². The molecule has 0 aromatic rings. The molecule has 2 unspecified atom stereocenters. The summed E-state index contributed by atoms with van der Waals surface area (Å²) in [6, 6.07) is 0. The first-order valence-corrected chi connectivity index (χ1v) is 12.3. The highest BCUT2D eigenvalue weighted by molar-refractivity contribution is 8.10. The summed E-state index contributed by atoms with van der Waals surface area (Å²) >= 11 is 0. The lowest BCUT2D eigenvalue weighted by Gasteiger charge is -2.59. The first-order valence-electron chi connectivity index (χ1n) is 9.51. The molecular weight excluding hydrogens is 437 g/mol. The van der Waals surface area contributed by atoms with Crippen LogP contribution < -0.4 is 0 Å². The van der Waals surface area contributed by atoms with Crippen LogP contribution in [0.1, 0.15) is 46.0 Å². The zero-order chi connectivity index (χ0) is 21.8. The Labute approximate surface area is 168 Å². The van der Waals surface area contributed by atoms with E-state index in [4.69, 9.17) is 4.18 Å². The van der Waals surface area contributed by atoms with Crippen LogP contribution in [0.2, 0.25) is 0 Å². The summed E-state index contributed by atoms with van der Waals surface area (Å²) in [5.41, 5.74) is -6.44. The summed E-state index contributed by atoms with van der Waals surface area (Å²) in [5, 5.41) is 0. The van der Waals surface area contributed by atoms with Crippen LogP contribution in [0.4, 0.5) is 13.2 Å². The summed E-state index contributed by atoms with van der Waals surface area (Å²) in [7, 11) is -11.5. The zero-order valence-corrected chi connectivity index (χ0v) is 17.7. The lowest BCUT2D eigenvalue weighted by molar-refractivity contribution is -0.168. The Hall–Kier alpha value is -0.920. The van der Waals surface area contributed by atoms with Crippen LogP contribution >= 0.6 is 0 Å². The molecule has 0 heterocycles. The number of hydrogen-bond donors (Lipinski definition) is 0. The van der Waals surface area contributed by atoms with Gasteiger partial charge in [0.1, 0.15) is 0 Å². The van der Waals surface area contributed by atoms with E-state index in [1.165, 1.54) is 0 Å². The first-order chi connectivity index (χ1) is 13.2. The van der Waals surface area contributed by atoms with Crippen LogP contribution in [0.15, 0.2) is 0 Å². The number of carbonyl (C=O) groups excluding carboxylic acids is 1. The molecule has 0 aromatic carbocycles. The fourth-order valence-corrected chi connectivity index (χ4v) is 7.60. The Morgan fingerprint density at radius 1 is 1.07 bits per heavy atom. The molecule has 13 heteroatoms. The molecule has 1 amide bonds. The van der Waals surface area contributed by atoms with Crippen molar-refractivity contribution in [3.8, 4) is 0 Å². The number of sulfonamides is 1. The number of amides is 1. The maximum Gasteiger partial charge on any atom is 0.480 e. The van der Waals surface area contributed by atoms with Crippen molar-refractivity contribution in [2.45, 2.75) is 57.6 Å². The summed E-state index contributed by atoms with van der Waals surface area (Å²) in [5.74, 6) is -0.461. The molecule has 4 aliphatic rings. The number of carbonyl (C=O) groups is 1. The number of nitrogens with zero attached hydrogens (tertiary/aromatic N) is 2. The average Bonchev–Trinajstić information content (AvgIpc) is 2.56. The fourth-order valence-electron chi connectivity index (χ4n) is 5.56. The number of hydrogen-bond acceptors (Lipinski definition) is 6. The van der Waals surface area contributed by atoms with Crippen LogP contribution in [0, 0.1) is 23.2 Å². The molecule has 4 aliphatic carbocycles. The van der Waals surface area contributed by atoms with Gasteiger partial charge < -0.3 is 9.03 Å². The number of alkyl halides is 3. The minimum Gasteiger partial charge on any atom is -0.404 e. The van der Waals surface area contributed by atoms with E-state index in [-0.39, 0.29) is 23.7 Å². The third-order valence-corrected chi connectivity index (χ3v) is 8.97. The molecule has 4 bridgehead atoms. The first kappa shape index (κ1) is 22.8. The van der Waals surface area contributed by atoms with Gasteiger partial charge in [0.2, 0.25) is 16.2 Å². The van der Waals surface area contributed by atoms with Crippen LogP contribution in [0.3, 0.4) is 0 Å². The standard InChI is InChI=1S/C16H24F3N2O6S2/c1-3-21(4-2)14(22)15-7-10-5-11(8-15)13(12(6-10)9-15)27-29(25,26)20-28(23,24)16(17,18)19/h10-13H,3-9H2,1-2H3/q-1. The van der Waals surface area contributed by atoms with Crippen molar-refractivity contribution in [3.05, 3.63) is 4.13 Å². The van der Waals surface area contributed by atoms with Gasteiger partial charge in [-0.05, 0) is 63.7 Å². The average molecular weight is 462 g/mol. The molecule has 4 rings (SSSR count). The quantitative estimate of drug-likeness (QED) is 0.576. The molecule has 2 atom stereocenters. The van der Waals surface area contributed by atoms with Crippen molar-refractivity contribution in [3.63, 3.8) is 0 Å². The van der Waals surface area contributed by atoms with E-state index >= 15 is 0 Å². The highest BCUT2D eigenvalue weighted by atomic mass is 32.3. The van der Waals surface area contributed by atoms with Crippen molar-refractivity contribution >= 4 is 26.2 Å². The number of rotatable bonds is 7. The molecule has 29 heavy (non-hydrogen) atoms. The van der Waals surface area contributed by atoms with Gasteiger partial charge in [-0.25, -0.2) is 16.8 Å². The third-order valence-electron chi connectivity index (χ3n) is 6.41. The fraction of sp³-hybridized carbons (Fsp3) is 0.938. The molecule has 0 spiro atoms. The van der Waals surface area contributed by atoms with E-state index < -0.39 is 37.4 Å². The van der Waals surface area contributed by atoms with Crippen LogP contribution in [0.5, 0.6) is 0 Å². The van der Waals surface area contributed by atoms with Crippen molar-refractivity contribution in [2.24, 2.45) is 23.2 Å². The van der Waals surface area contributed by atoms with Crippen LogP contribution in [-0.2, 0) is 29.3 Å². The molecule has 8 nitrogen and oxygen atoms in total. The van der Waals surface area contributed by atoms with E-state index in [1.807, 2.05) is 18.0 Å². The Morgan fingerprint density at radius 2 is 1.59 bits per heavy atom. The largest absolute Gasteiger partial charge is 0.480 e. The smallest absolute Gasteiger partial charge is 0.404 e. The van der Waals surface area contributed by atoms with Gasteiger partial charge >= 0.3 is 5.51 Å². The second kappa shape index (κ2) is 7.34. The highest BCUT2D eigenvalue weighted by Gasteiger charge is 2.60. The maximum atomic E-state index is 13.1. The summed E-state index contributed by atoms with van der Waals surface area (Å²) in [6.07, 6.45) is 1.68. The lowest BCUT2D eigenvalue weighted by Crippen LogP contribution is -2.59. The highest BCUT2D eigenvalue weighted by Crippen LogP contribution is 2.61. The van der Waals surface area contributed by atoms with Gasteiger partial charge in [0.25, 0.3) is 0 Å². The third kappa shape index (κ3) is 4.15. The van der Waals surface area contributed by atoms with Crippen LogP contribution in [-0.4, -0.2) is 52.3 Å². The van der Waals surface area contributed by atoms with Gasteiger partial charge in [-0.2, -0.15) is 13.2 Å². The van der Waals surface area contributed by atoms with Gasteiger partial charge in [0, 0.05) is 13.1 Å². The minimum absolute atomic E-state index is 0.0209. The summed E-state index contributed by atoms with van der Waals surface area (Å²) < 4.78 is 90.4. The van der Waals surface area contributed by atoms with Crippen molar-refractivity contribution in [2.75, 3.05) is 13.1 Å². The Bertz CT molecular complexity index is 854. The van der Waals surface area contributed by atoms with Gasteiger partial charge in [-0.15, -0.1) is 0 Å². The molecule has 0 aliphatic heterocycles. The topological polar surface area (TPSA) is 112 Å². The van der Waals surface area contributed by atoms with Gasteiger partial charge in [-0.1, -0.05) is 0 Å². The van der Waals surface area contributed by atoms with E-state index in [0.29, 0.717) is 45.2 Å². The molecule has 0 saturated heterocycles. The molecule has 0 radical (unpaired) electrons. The Balaban J connectivity index is 1.78. The zero-order valence-electron chi connectivity index (χ0n) is 16.1. The lowest BCUT2D eigenvalue weighted by atomic mass is 9.48. The normalized spacial score (nSPS) is 34.4. The van der Waals surface area contributed by atoms with Gasteiger partial charge in [0.15, 0.2) is 10.0 Å². The molecule has 0 aromatic heterocycles. The monoisotopic (exact) mass is 461 g/mol. The summed E-state index contributed by atoms with van der Waals surface area (Å²) in [4.78, 5) is 14.8. The maximum absolute atomic E-state index is 13.1. The number of halogens is 3. The Kier molecular flexibility index (Phi) is 5.76. The predicted octanol–water partition coefficient (Wildman–Crippen LogP) is 2.53. The van der Waals surface area contributed by atoms with E-state index in [0.717, 1.165) is 0 Å². The molecule has 168 valence electrons. The van der Waals surface area contributed by atoms with Crippen LogP contribution in [0.25, 0.3) is 4.13 Å². The minimum atomic E-state index is -6.22. The molecular formula is C16H24F3N2O6S2-. The Morgan fingerprint density at radius 3 is 2.03 bits per heavy atom. The van der Waals surface area contributed by atoms with E-state index in [2.05, 4.69) is 0 Å². The SMILES string of the molecule is CCN(CC)C(=O)C12CC3CC(C1)C(OS(=O)(=O)[N-]S(=O)(=O)C(F)(F)F)C(C3)C2. The molecule has 0 N–H and O–H groups in total.